The molecule has 2 N–H and O–H groups in total. The van der Waals surface area contributed by atoms with Gasteiger partial charge in [-0.2, -0.15) is 0 Å². The molecule has 0 amide bonds. The minimum absolute atomic E-state index is 0.0537. The SMILES string of the molecule is COc1cc(OC)c(F)c(/C(N)=C/c2cnc(SC)nc2C=O)c1F. The third-order valence-corrected chi connectivity index (χ3v) is 3.86. The van der Waals surface area contributed by atoms with Crippen LogP contribution in [-0.4, -0.2) is 36.7 Å². The third kappa shape index (κ3) is 3.71. The number of hydrogen-bond acceptors (Lipinski definition) is 7. The van der Waals surface area contributed by atoms with E-state index in [0.717, 1.165) is 6.07 Å². The van der Waals surface area contributed by atoms with Crippen LogP contribution in [0.5, 0.6) is 11.5 Å². The smallest absolute Gasteiger partial charge is 0.187 e. The van der Waals surface area contributed by atoms with Crippen LogP contribution < -0.4 is 15.2 Å². The molecule has 6 nitrogen and oxygen atoms in total. The van der Waals surface area contributed by atoms with Gasteiger partial charge in [-0.3, -0.25) is 4.79 Å². The van der Waals surface area contributed by atoms with Crippen LogP contribution in [0.15, 0.2) is 17.4 Å². The van der Waals surface area contributed by atoms with Gasteiger partial charge in [0.1, 0.15) is 5.69 Å². The van der Waals surface area contributed by atoms with Crippen molar-refractivity contribution in [1.29, 1.82) is 0 Å². The van der Waals surface area contributed by atoms with E-state index in [-0.39, 0.29) is 28.5 Å². The number of nitrogens with zero attached hydrogens (tertiary/aromatic N) is 2. The molecular formula is C16H15F2N3O3S. The summed E-state index contributed by atoms with van der Waals surface area (Å²) in [4.78, 5) is 19.2. The summed E-state index contributed by atoms with van der Waals surface area (Å²) >= 11 is 1.25. The fourth-order valence-electron chi connectivity index (χ4n) is 2.07. The van der Waals surface area contributed by atoms with E-state index in [9.17, 15) is 13.6 Å². The van der Waals surface area contributed by atoms with Crippen LogP contribution in [0.25, 0.3) is 11.8 Å². The Morgan fingerprint density at radius 2 is 1.84 bits per heavy atom. The van der Waals surface area contributed by atoms with Gasteiger partial charge in [-0.25, -0.2) is 18.7 Å². The Labute approximate surface area is 147 Å². The quantitative estimate of drug-likeness (QED) is 0.477. The van der Waals surface area contributed by atoms with Crippen molar-refractivity contribution >= 4 is 29.8 Å². The Kier molecular flexibility index (Phi) is 5.92. The highest BCUT2D eigenvalue weighted by atomic mass is 32.2. The molecule has 0 saturated carbocycles. The first kappa shape index (κ1) is 18.7. The molecule has 0 aliphatic rings. The fraction of sp³-hybridized carbons (Fsp3) is 0.188. The number of thioether (sulfide) groups is 1. The second-order valence-corrected chi connectivity index (χ2v) is 5.47. The van der Waals surface area contributed by atoms with Gasteiger partial charge in [-0.15, -0.1) is 0 Å². The normalized spacial score (nSPS) is 11.3. The van der Waals surface area contributed by atoms with Crippen molar-refractivity contribution < 1.29 is 23.0 Å². The minimum atomic E-state index is -0.983. The zero-order valence-corrected chi connectivity index (χ0v) is 14.5. The van der Waals surface area contributed by atoms with Crippen molar-refractivity contribution in [3.8, 4) is 11.5 Å². The Hall–Kier alpha value is -2.68. The Morgan fingerprint density at radius 1 is 1.24 bits per heavy atom. The highest BCUT2D eigenvalue weighted by molar-refractivity contribution is 7.98. The van der Waals surface area contributed by atoms with Gasteiger partial charge >= 0.3 is 0 Å². The van der Waals surface area contributed by atoms with Crippen molar-refractivity contribution in [2.75, 3.05) is 20.5 Å². The second kappa shape index (κ2) is 7.93. The molecule has 1 aromatic carbocycles. The maximum atomic E-state index is 14.5. The van der Waals surface area contributed by atoms with E-state index in [4.69, 9.17) is 15.2 Å². The summed E-state index contributed by atoms with van der Waals surface area (Å²) in [6.07, 6.45) is 4.83. The monoisotopic (exact) mass is 367 g/mol. The van der Waals surface area contributed by atoms with Gasteiger partial charge in [-0.1, -0.05) is 11.8 Å². The molecule has 132 valence electrons. The second-order valence-electron chi connectivity index (χ2n) is 4.70. The standard InChI is InChI=1S/C16H15F2N3O3S/c1-23-11-5-12(24-2)15(18)13(14(11)17)9(19)4-8-6-20-16(25-3)21-10(8)7-22/h4-7H,19H2,1-3H3/b9-4-. The first-order valence-corrected chi connectivity index (χ1v) is 8.13. The largest absolute Gasteiger partial charge is 0.494 e. The van der Waals surface area contributed by atoms with Crippen molar-refractivity contribution in [2.24, 2.45) is 5.73 Å². The van der Waals surface area contributed by atoms with Crippen LogP contribution in [0.2, 0.25) is 0 Å². The predicted octanol–water partition coefficient (Wildman–Crippen LogP) is 2.76. The lowest BCUT2D eigenvalue weighted by molar-refractivity contribution is 0.111. The molecule has 0 radical (unpaired) electrons. The summed E-state index contributed by atoms with van der Waals surface area (Å²) in [7, 11) is 2.47. The number of carbonyl (C=O) groups excluding carboxylic acids is 1. The van der Waals surface area contributed by atoms with E-state index < -0.39 is 17.2 Å². The molecule has 0 bridgehead atoms. The zero-order valence-electron chi connectivity index (χ0n) is 13.7. The zero-order chi connectivity index (χ0) is 18.6. The van der Waals surface area contributed by atoms with Gasteiger partial charge in [0.2, 0.25) is 0 Å². The Balaban J connectivity index is 2.63. The maximum Gasteiger partial charge on any atom is 0.187 e. The predicted molar refractivity (Wildman–Crippen MR) is 90.7 cm³/mol. The Bertz CT molecular complexity index is 816. The number of rotatable bonds is 6. The van der Waals surface area contributed by atoms with Crippen molar-refractivity contribution in [3.63, 3.8) is 0 Å². The van der Waals surface area contributed by atoms with Gasteiger partial charge in [0, 0.05) is 23.5 Å². The van der Waals surface area contributed by atoms with Crippen LogP contribution >= 0.6 is 11.8 Å². The molecule has 0 fully saturated rings. The average Bonchev–Trinajstić information content (AvgIpc) is 2.62. The lowest BCUT2D eigenvalue weighted by atomic mass is 10.1. The van der Waals surface area contributed by atoms with Gasteiger partial charge in [-0.05, 0) is 12.3 Å². The molecule has 9 heteroatoms. The molecule has 2 aromatic rings. The lowest BCUT2D eigenvalue weighted by Gasteiger charge is -2.13. The fourth-order valence-corrected chi connectivity index (χ4v) is 2.42. The molecule has 0 unspecified atom stereocenters. The number of hydrogen-bond donors (Lipinski definition) is 1. The van der Waals surface area contributed by atoms with Crippen LogP contribution in [0.3, 0.4) is 0 Å². The van der Waals surface area contributed by atoms with Crippen LogP contribution in [0, 0.1) is 11.6 Å². The van der Waals surface area contributed by atoms with Gasteiger partial charge < -0.3 is 15.2 Å². The highest BCUT2D eigenvalue weighted by Gasteiger charge is 2.22. The molecule has 0 aliphatic heterocycles. The van der Waals surface area contributed by atoms with Gasteiger partial charge in [0.05, 0.1) is 19.8 Å². The summed E-state index contributed by atoms with van der Waals surface area (Å²) in [5.41, 5.74) is 5.35. The molecule has 0 aliphatic carbocycles. The number of ether oxygens (including phenoxy) is 2. The third-order valence-electron chi connectivity index (χ3n) is 3.29. The van der Waals surface area contributed by atoms with Gasteiger partial charge in [0.25, 0.3) is 0 Å². The molecule has 0 atom stereocenters. The van der Waals surface area contributed by atoms with E-state index in [1.54, 1.807) is 6.26 Å². The number of benzene rings is 1. The van der Waals surface area contributed by atoms with E-state index in [2.05, 4.69) is 9.97 Å². The van der Waals surface area contributed by atoms with E-state index in [1.165, 1.54) is 38.3 Å². The molecule has 0 spiro atoms. The summed E-state index contributed by atoms with van der Waals surface area (Å²) in [6, 6.07) is 1.08. The number of nitrogens with two attached hydrogens (primary N) is 1. The molecule has 2 rings (SSSR count). The van der Waals surface area contributed by atoms with E-state index in [1.807, 2.05) is 0 Å². The van der Waals surface area contributed by atoms with Crippen molar-refractivity contribution in [1.82, 2.24) is 9.97 Å². The molecule has 0 saturated heterocycles. The summed E-state index contributed by atoms with van der Waals surface area (Å²) in [5.74, 6) is -2.42. The summed E-state index contributed by atoms with van der Waals surface area (Å²) in [5, 5.41) is 0.387. The summed E-state index contributed by atoms with van der Waals surface area (Å²) < 4.78 is 38.7. The summed E-state index contributed by atoms with van der Waals surface area (Å²) in [6.45, 7) is 0. The molecular weight excluding hydrogens is 352 g/mol. The van der Waals surface area contributed by atoms with Crippen LogP contribution in [-0.2, 0) is 0 Å². The lowest BCUT2D eigenvalue weighted by Crippen LogP contribution is -2.07. The number of halogens is 2. The van der Waals surface area contributed by atoms with E-state index in [0.29, 0.717) is 11.4 Å². The number of methoxy groups -OCH3 is 2. The average molecular weight is 367 g/mol. The highest BCUT2D eigenvalue weighted by Crippen LogP contribution is 2.34. The van der Waals surface area contributed by atoms with E-state index >= 15 is 0 Å². The first-order valence-electron chi connectivity index (χ1n) is 6.90. The maximum absolute atomic E-state index is 14.5. The topological polar surface area (TPSA) is 87.3 Å². The molecule has 1 heterocycles. The Morgan fingerprint density at radius 3 is 2.32 bits per heavy atom. The van der Waals surface area contributed by atoms with Crippen molar-refractivity contribution in [2.45, 2.75) is 5.16 Å². The van der Waals surface area contributed by atoms with Crippen molar-refractivity contribution in [3.05, 3.63) is 40.7 Å². The van der Waals surface area contributed by atoms with Gasteiger partial charge in [0.15, 0.2) is 34.6 Å². The number of aldehydes is 1. The number of carbonyl (C=O) groups is 1. The minimum Gasteiger partial charge on any atom is -0.494 e. The van der Waals surface area contributed by atoms with Crippen LogP contribution in [0.4, 0.5) is 8.78 Å². The first-order chi connectivity index (χ1) is 12.0. The molecule has 25 heavy (non-hydrogen) atoms. The molecule has 1 aromatic heterocycles. The van der Waals surface area contributed by atoms with Crippen LogP contribution in [0.1, 0.15) is 21.6 Å². The number of aromatic nitrogens is 2.